The molecular formula is C19H18ClN3OS. The highest BCUT2D eigenvalue weighted by Gasteiger charge is 2.21. The summed E-state index contributed by atoms with van der Waals surface area (Å²) < 4.78 is 1.99. The molecule has 0 aliphatic heterocycles. The Labute approximate surface area is 156 Å². The van der Waals surface area contributed by atoms with Crippen LogP contribution in [0.4, 0.5) is 0 Å². The number of aromatic nitrogens is 3. The summed E-state index contributed by atoms with van der Waals surface area (Å²) in [6.45, 7) is 5.83. The van der Waals surface area contributed by atoms with Gasteiger partial charge in [0.2, 0.25) is 0 Å². The summed E-state index contributed by atoms with van der Waals surface area (Å²) in [4.78, 5) is 12.7. The lowest BCUT2D eigenvalue weighted by Crippen LogP contribution is -2.14. The Morgan fingerprint density at radius 1 is 1.12 bits per heavy atom. The maximum absolute atomic E-state index is 12.7. The SMILES string of the molecule is Cc1ccccc1-n1c(C)nnc1SC(C)C(=O)c1cccc(Cl)c1. The average Bonchev–Trinajstić information content (AvgIpc) is 2.95. The van der Waals surface area contributed by atoms with Crippen molar-refractivity contribution in [2.24, 2.45) is 0 Å². The second kappa shape index (κ2) is 7.42. The molecule has 0 aliphatic carbocycles. The molecule has 1 atom stereocenters. The Hall–Kier alpha value is -2.11. The van der Waals surface area contributed by atoms with Crippen molar-refractivity contribution < 1.29 is 4.79 Å². The fraction of sp³-hybridized carbons (Fsp3) is 0.211. The van der Waals surface area contributed by atoms with Crippen molar-refractivity contribution in [1.82, 2.24) is 14.8 Å². The van der Waals surface area contributed by atoms with E-state index in [9.17, 15) is 4.79 Å². The lowest BCUT2D eigenvalue weighted by molar-refractivity contribution is 0.0994. The first-order chi connectivity index (χ1) is 12.0. The molecule has 0 radical (unpaired) electrons. The molecule has 128 valence electrons. The summed E-state index contributed by atoms with van der Waals surface area (Å²) in [6, 6.07) is 15.1. The molecule has 0 aliphatic rings. The van der Waals surface area contributed by atoms with E-state index in [1.807, 2.05) is 49.6 Å². The number of carbonyl (C=O) groups is 1. The van der Waals surface area contributed by atoms with Gasteiger partial charge in [0.25, 0.3) is 0 Å². The van der Waals surface area contributed by atoms with Gasteiger partial charge in [-0.2, -0.15) is 0 Å². The number of thioether (sulfide) groups is 1. The Bertz CT molecular complexity index is 923. The summed E-state index contributed by atoms with van der Waals surface area (Å²) in [6.07, 6.45) is 0. The summed E-state index contributed by atoms with van der Waals surface area (Å²) in [7, 11) is 0. The minimum absolute atomic E-state index is 0.0180. The average molecular weight is 372 g/mol. The normalized spacial score (nSPS) is 12.2. The number of Topliss-reactive ketones (excluding diaryl/α,β-unsaturated/α-hetero) is 1. The number of rotatable bonds is 5. The van der Waals surface area contributed by atoms with Crippen molar-refractivity contribution in [3.05, 3.63) is 70.5 Å². The highest BCUT2D eigenvalue weighted by Crippen LogP contribution is 2.28. The van der Waals surface area contributed by atoms with E-state index in [1.165, 1.54) is 11.8 Å². The van der Waals surface area contributed by atoms with Crippen LogP contribution < -0.4 is 0 Å². The third-order valence-corrected chi connectivity index (χ3v) is 5.19. The fourth-order valence-electron chi connectivity index (χ4n) is 2.60. The van der Waals surface area contributed by atoms with Crippen LogP contribution in [0.15, 0.2) is 53.7 Å². The van der Waals surface area contributed by atoms with Crippen LogP contribution in [0.25, 0.3) is 5.69 Å². The standard InChI is InChI=1S/C19H18ClN3OS/c1-12-7-4-5-10-17(12)23-14(3)21-22-19(23)25-13(2)18(24)15-8-6-9-16(20)11-15/h4-11,13H,1-3H3. The Morgan fingerprint density at radius 2 is 1.88 bits per heavy atom. The van der Waals surface area contributed by atoms with Crippen LogP contribution in [0.1, 0.15) is 28.7 Å². The molecule has 1 heterocycles. The van der Waals surface area contributed by atoms with E-state index in [1.54, 1.807) is 24.3 Å². The summed E-state index contributed by atoms with van der Waals surface area (Å²) in [5, 5.41) is 9.42. The van der Waals surface area contributed by atoms with Gasteiger partial charge in [0.15, 0.2) is 10.9 Å². The molecular weight excluding hydrogens is 354 g/mol. The Balaban J connectivity index is 1.89. The molecule has 0 saturated carbocycles. The van der Waals surface area contributed by atoms with E-state index in [0.29, 0.717) is 15.7 Å². The molecule has 4 nitrogen and oxygen atoms in total. The maximum atomic E-state index is 12.7. The Kier molecular flexibility index (Phi) is 5.25. The highest BCUT2D eigenvalue weighted by atomic mass is 35.5. The third-order valence-electron chi connectivity index (χ3n) is 3.91. The first kappa shape index (κ1) is 17.7. The van der Waals surface area contributed by atoms with Crippen LogP contribution in [0.2, 0.25) is 5.02 Å². The number of nitrogens with zero attached hydrogens (tertiary/aromatic N) is 3. The number of para-hydroxylation sites is 1. The number of benzene rings is 2. The quantitative estimate of drug-likeness (QED) is 0.472. The molecule has 1 aromatic heterocycles. The molecule has 0 bridgehead atoms. The fourth-order valence-corrected chi connectivity index (χ4v) is 3.77. The van der Waals surface area contributed by atoms with E-state index >= 15 is 0 Å². The van der Waals surface area contributed by atoms with Crippen LogP contribution >= 0.6 is 23.4 Å². The minimum atomic E-state index is -0.301. The van der Waals surface area contributed by atoms with Gasteiger partial charge in [-0.1, -0.05) is 53.7 Å². The number of hydrogen-bond donors (Lipinski definition) is 0. The van der Waals surface area contributed by atoms with Crippen molar-refractivity contribution >= 4 is 29.1 Å². The van der Waals surface area contributed by atoms with E-state index in [-0.39, 0.29) is 11.0 Å². The maximum Gasteiger partial charge on any atom is 0.196 e. The largest absolute Gasteiger partial charge is 0.293 e. The van der Waals surface area contributed by atoms with Gasteiger partial charge in [0.05, 0.1) is 10.9 Å². The van der Waals surface area contributed by atoms with Crippen LogP contribution in [-0.2, 0) is 0 Å². The van der Waals surface area contributed by atoms with Gasteiger partial charge >= 0.3 is 0 Å². The first-order valence-corrected chi connectivity index (χ1v) is 9.17. The molecule has 25 heavy (non-hydrogen) atoms. The first-order valence-electron chi connectivity index (χ1n) is 7.92. The number of aryl methyl sites for hydroxylation is 2. The van der Waals surface area contributed by atoms with Crippen LogP contribution in [0, 0.1) is 13.8 Å². The molecule has 3 aromatic rings. The predicted octanol–water partition coefficient (Wildman–Crippen LogP) is 4.90. The van der Waals surface area contributed by atoms with E-state index in [4.69, 9.17) is 11.6 Å². The lowest BCUT2D eigenvalue weighted by Gasteiger charge is -2.14. The number of carbonyl (C=O) groups excluding carboxylic acids is 1. The summed E-state index contributed by atoms with van der Waals surface area (Å²) >= 11 is 7.39. The van der Waals surface area contributed by atoms with Crippen molar-refractivity contribution in [2.45, 2.75) is 31.2 Å². The second-order valence-corrected chi connectivity index (χ2v) is 7.53. The van der Waals surface area contributed by atoms with Crippen molar-refractivity contribution in [2.75, 3.05) is 0 Å². The molecule has 2 aromatic carbocycles. The smallest absolute Gasteiger partial charge is 0.196 e. The van der Waals surface area contributed by atoms with Gasteiger partial charge in [-0.3, -0.25) is 9.36 Å². The molecule has 0 saturated heterocycles. The Morgan fingerprint density at radius 3 is 2.60 bits per heavy atom. The van der Waals surface area contributed by atoms with Crippen LogP contribution in [0.3, 0.4) is 0 Å². The topological polar surface area (TPSA) is 47.8 Å². The van der Waals surface area contributed by atoms with Gasteiger partial charge < -0.3 is 0 Å². The minimum Gasteiger partial charge on any atom is -0.293 e. The van der Waals surface area contributed by atoms with Crippen molar-refractivity contribution in [3.63, 3.8) is 0 Å². The van der Waals surface area contributed by atoms with E-state index in [0.717, 1.165) is 17.1 Å². The van der Waals surface area contributed by atoms with Gasteiger partial charge in [0, 0.05) is 10.6 Å². The molecule has 1 unspecified atom stereocenters. The highest BCUT2D eigenvalue weighted by molar-refractivity contribution is 8.00. The molecule has 0 fully saturated rings. The van der Waals surface area contributed by atoms with Crippen molar-refractivity contribution in [1.29, 1.82) is 0 Å². The number of hydrogen-bond acceptors (Lipinski definition) is 4. The van der Waals surface area contributed by atoms with Crippen molar-refractivity contribution in [3.8, 4) is 5.69 Å². The van der Waals surface area contributed by atoms with Gasteiger partial charge in [-0.25, -0.2) is 0 Å². The molecule has 0 amide bonds. The predicted molar refractivity (Wildman–Crippen MR) is 102 cm³/mol. The molecule has 0 N–H and O–H groups in total. The second-order valence-electron chi connectivity index (χ2n) is 5.79. The summed E-state index contributed by atoms with van der Waals surface area (Å²) in [5.74, 6) is 0.809. The van der Waals surface area contributed by atoms with Gasteiger partial charge in [-0.15, -0.1) is 10.2 Å². The monoisotopic (exact) mass is 371 g/mol. The summed E-state index contributed by atoms with van der Waals surface area (Å²) in [5.41, 5.74) is 2.75. The number of ketones is 1. The molecule has 0 spiro atoms. The zero-order valence-corrected chi connectivity index (χ0v) is 15.8. The van der Waals surface area contributed by atoms with Crippen LogP contribution in [0.5, 0.6) is 0 Å². The molecule has 6 heteroatoms. The zero-order valence-electron chi connectivity index (χ0n) is 14.2. The molecule has 3 rings (SSSR count). The van der Waals surface area contributed by atoms with Gasteiger partial charge in [0.1, 0.15) is 5.82 Å². The van der Waals surface area contributed by atoms with Crippen LogP contribution in [-0.4, -0.2) is 25.8 Å². The van der Waals surface area contributed by atoms with E-state index < -0.39 is 0 Å². The third kappa shape index (κ3) is 3.78. The lowest BCUT2D eigenvalue weighted by atomic mass is 10.1. The van der Waals surface area contributed by atoms with E-state index in [2.05, 4.69) is 10.2 Å². The zero-order chi connectivity index (χ0) is 18.0. The number of halogens is 1. The van der Waals surface area contributed by atoms with Gasteiger partial charge in [-0.05, 0) is 44.5 Å².